The molecule has 0 bridgehead atoms. The molecule has 3 rings (SSSR count). The van der Waals surface area contributed by atoms with E-state index in [0.29, 0.717) is 11.3 Å². The Hall–Kier alpha value is -0.280. The Labute approximate surface area is 116 Å². The first-order valence-electron chi connectivity index (χ1n) is 7.20. The fourth-order valence-corrected chi connectivity index (χ4v) is 3.61. The van der Waals surface area contributed by atoms with E-state index in [0.717, 1.165) is 32.4 Å². The lowest BCUT2D eigenvalue weighted by atomic mass is 9.77. The van der Waals surface area contributed by atoms with Crippen molar-refractivity contribution >= 4 is 18.3 Å². The summed E-state index contributed by atoms with van der Waals surface area (Å²) in [5.74, 6) is 0.459. The van der Waals surface area contributed by atoms with Gasteiger partial charge in [0.05, 0.1) is 0 Å². The summed E-state index contributed by atoms with van der Waals surface area (Å²) in [6.45, 7) is 6.52. The molecule has 3 aliphatic rings. The van der Waals surface area contributed by atoms with Crippen LogP contribution in [0.4, 0.5) is 0 Å². The van der Waals surface area contributed by atoms with Gasteiger partial charge in [-0.25, -0.2) is 0 Å². The molecule has 1 spiro atoms. The van der Waals surface area contributed by atoms with Crippen LogP contribution in [0.1, 0.15) is 45.4 Å². The van der Waals surface area contributed by atoms with Gasteiger partial charge in [0.15, 0.2) is 0 Å². The molecule has 1 aliphatic carbocycles. The summed E-state index contributed by atoms with van der Waals surface area (Å²) < 4.78 is 0. The summed E-state index contributed by atoms with van der Waals surface area (Å²) in [4.78, 5) is 14.6. The van der Waals surface area contributed by atoms with Gasteiger partial charge in [0.1, 0.15) is 0 Å². The molecule has 0 atom stereocenters. The van der Waals surface area contributed by atoms with Gasteiger partial charge < -0.3 is 10.2 Å². The molecule has 0 unspecified atom stereocenters. The largest absolute Gasteiger partial charge is 0.342 e. The normalized spacial score (nSPS) is 27.9. The molecule has 2 aliphatic heterocycles. The minimum atomic E-state index is 0. The Morgan fingerprint density at radius 2 is 1.83 bits per heavy atom. The average molecular weight is 273 g/mol. The second kappa shape index (κ2) is 5.01. The Kier molecular flexibility index (Phi) is 3.93. The van der Waals surface area contributed by atoms with E-state index in [4.69, 9.17) is 0 Å². The first-order valence-corrected chi connectivity index (χ1v) is 7.20. The number of nitrogens with zero attached hydrogens (tertiary/aromatic N) is 1. The third kappa shape index (κ3) is 2.27. The highest BCUT2D eigenvalue weighted by atomic mass is 35.5. The quantitative estimate of drug-likeness (QED) is 0.836. The maximum absolute atomic E-state index is 12.4. The van der Waals surface area contributed by atoms with E-state index in [1.54, 1.807) is 0 Å². The van der Waals surface area contributed by atoms with Crippen molar-refractivity contribution in [1.29, 1.82) is 0 Å². The molecule has 0 aromatic heterocycles. The second-order valence-electron chi connectivity index (χ2n) is 6.35. The van der Waals surface area contributed by atoms with Crippen LogP contribution < -0.4 is 5.32 Å². The Bertz CT molecular complexity index is 312. The third-order valence-electron chi connectivity index (χ3n) is 5.43. The van der Waals surface area contributed by atoms with E-state index >= 15 is 0 Å². The summed E-state index contributed by atoms with van der Waals surface area (Å²) in [6, 6.07) is 0. The number of hydrogen-bond acceptors (Lipinski definition) is 2. The zero-order chi connectivity index (χ0) is 11.9. The number of likely N-dealkylation sites (tertiary alicyclic amines) is 1. The monoisotopic (exact) mass is 272 g/mol. The number of amides is 1. The van der Waals surface area contributed by atoms with Crippen LogP contribution in [0.2, 0.25) is 0 Å². The molecule has 0 aromatic rings. The van der Waals surface area contributed by atoms with Gasteiger partial charge in [-0.2, -0.15) is 0 Å². The molecule has 18 heavy (non-hydrogen) atoms. The Balaban J connectivity index is 0.00000120. The van der Waals surface area contributed by atoms with Gasteiger partial charge in [-0.15, -0.1) is 12.4 Å². The summed E-state index contributed by atoms with van der Waals surface area (Å²) in [5, 5.41) is 3.48. The maximum atomic E-state index is 12.4. The van der Waals surface area contributed by atoms with E-state index < -0.39 is 0 Å². The molecule has 2 heterocycles. The van der Waals surface area contributed by atoms with Gasteiger partial charge in [0.25, 0.3) is 0 Å². The van der Waals surface area contributed by atoms with Crippen LogP contribution in [-0.2, 0) is 4.79 Å². The van der Waals surface area contributed by atoms with Gasteiger partial charge >= 0.3 is 0 Å². The van der Waals surface area contributed by atoms with Crippen molar-refractivity contribution < 1.29 is 4.79 Å². The van der Waals surface area contributed by atoms with Crippen LogP contribution in [0, 0.1) is 10.8 Å². The molecule has 1 amide bonds. The number of carbonyl (C=O) groups is 1. The lowest BCUT2D eigenvalue weighted by Gasteiger charge is -2.40. The van der Waals surface area contributed by atoms with Crippen LogP contribution in [0.25, 0.3) is 0 Å². The van der Waals surface area contributed by atoms with E-state index in [-0.39, 0.29) is 17.8 Å². The van der Waals surface area contributed by atoms with E-state index in [1.165, 1.54) is 32.4 Å². The van der Waals surface area contributed by atoms with Crippen LogP contribution >= 0.6 is 12.4 Å². The fourth-order valence-electron chi connectivity index (χ4n) is 3.61. The van der Waals surface area contributed by atoms with Crippen molar-refractivity contribution in [3.63, 3.8) is 0 Å². The zero-order valence-corrected chi connectivity index (χ0v) is 12.2. The number of carbonyl (C=O) groups excluding carboxylic acids is 1. The third-order valence-corrected chi connectivity index (χ3v) is 5.43. The molecule has 0 aromatic carbocycles. The summed E-state index contributed by atoms with van der Waals surface area (Å²) in [7, 11) is 0. The topological polar surface area (TPSA) is 32.3 Å². The minimum Gasteiger partial charge on any atom is -0.342 e. The molecule has 3 fully saturated rings. The average Bonchev–Trinajstić information content (AvgIpc) is 3.06. The predicted octanol–water partition coefficient (Wildman–Crippen LogP) is 2.20. The van der Waals surface area contributed by atoms with Crippen molar-refractivity contribution in [3.8, 4) is 0 Å². The van der Waals surface area contributed by atoms with Crippen molar-refractivity contribution in [2.45, 2.75) is 45.4 Å². The maximum Gasteiger partial charge on any atom is 0.228 e. The molecular formula is C14H25ClN2O. The Morgan fingerprint density at radius 3 is 2.28 bits per heavy atom. The molecule has 2 saturated heterocycles. The Morgan fingerprint density at radius 1 is 1.17 bits per heavy atom. The molecule has 1 saturated carbocycles. The van der Waals surface area contributed by atoms with Gasteiger partial charge in [-0.1, -0.05) is 6.92 Å². The van der Waals surface area contributed by atoms with Crippen LogP contribution in [0.15, 0.2) is 0 Å². The number of rotatable bonds is 2. The summed E-state index contributed by atoms with van der Waals surface area (Å²) >= 11 is 0. The smallest absolute Gasteiger partial charge is 0.228 e. The molecule has 104 valence electrons. The standard InChI is InChI=1S/C14H24N2O.ClH/c1-2-14(3-4-14)12(17)16-9-6-13(7-10-16)5-8-15-11-13;/h15H,2-11H2,1H3;1H. The van der Waals surface area contributed by atoms with E-state index in [1.807, 2.05) is 0 Å². The first kappa shape index (κ1) is 14.1. The highest BCUT2D eigenvalue weighted by molar-refractivity contribution is 5.85. The SMILES string of the molecule is CCC1(C(=O)N2CCC3(CCNC3)CC2)CC1.Cl. The van der Waals surface area contributed by atoms with Crippen LogP contribution in [-0.4, -0.2) is 37.0 Å². The lowest BCUT2D eigenvalue weighted by Crippen LogP contribution is -2.46. The predicted molar refractivity (Wildman–Crippen MR) is 74.9 cm³/mol. The molecule has 0 radical (unpaired) electrons. The zero-order valence-electron chi connectivity index (χ0n) is 11.3. The fraction of sp³-hybridized carbons (Fsp3) is 0.929. The van der Waals surface area contributed by atoms with Gasteiger partial charge in [0, 0.05) is 25.0 Å². The molecule has 3 nitrogen and oxygen atoms in total. The van der Waals surface area contributed by atoms with Gasteiger partial charge in [-0.05, 0) is 50.5 Å². The van der Waals surface area contributed by atoms with Crippen LogP contribution in [0.3, 0.4) is 0 Å². The lowest BCUT2D eigenvalue weighted by molar-refractivity contribution is -0.139. The first-order chi connectivity index (χ1) is 8.20. The molecular weight excluding hydrogens is 248 g/mol. The molecule has 1 N–H and O–H groups in total. The number of piperidine rings is 1. The summed E-state index contributed by atoms with van der Waals surface area (Å²) in [5.41, 5.74) is 0.595. The van der Waals surface area contributed by atoms with Crippen molar-refractivity contribution in [2.24, 2.45) is 10.8 Å². The molecule has 4 heteroatoms. The highest BCUT2D eigenvalue weighted by Crippen LogP contribution is 2.51. The highest BCUT2D eigenvalue weighted by Gasteiger charge is 2.51. The number of hydrogen-bond donors (Lipinski definition) is 1. The van der Waals surface area contributed by atoms with Crippen molar-refractivity contribution in [1.82, 2.24) is 10.2 Å². The number of halogens is 1. The van der Waals surface area contributed by atoms with Gasteiger partial charge in [0.2, 0.25) is 5.91 Å². The van der Waals surface area contributed by atoms with Gasteiger partial charge in [-0.3, -0.25) is 4.79 Å². The van der Waals surface area contributed by atoms with E-state index in [9.17, 15) is 4.79 Å². The second-order valence-corrected chi connectivity index (χ2v) is 6.35. The van der Waals surface area contributed by atoms with Crippen LogP contribution in [0.5, 0.6) is 0 Å². The van der Waals surface area contributed by atoms with E-state index in [2.05, 4.69) is 17.1 Å². The van der Waals surface area contributed by atoms with Crippen molar-refractivity contribution in [3.05, 3.63) is 0 Å². The number of nitrogens with one attached hydrogen (secondary N) is 1. The van der Waals surface area contributed by atoms with Crippen molar-refractivity contribution in [2.75, 3.05) is 26.2 Å². The minimum absolute atomic E-state index is 0. The summed E-state index contributed by atoms with van der Waals surface area (Å²) in [6.07, 6.45) is 7.04.